The summed E-state index contributed by atoms with van der Waals surface area (Å²) in [7, 11) is 0. The van der Waals surface area contributed by atoms with E-state index in [2.05, 4.69) is 30.0 Å². The van der Waals surface area contributed by atoms with Gasteiger partial charge in [-0.05, 0) is 53.9 Å². The molecule has 4 aromatic rings. The summed E-state index contributed by atoms with van der Waals surface area (Å²) in [5, 5.41) is 5.49. The molecule has 35 heavy (non-hydrogen) atoms. The third-order valence-corrected chi connectivity index (χ3v) is 6.20. The third kappa shape index (κ3) is 6.13. The number of amides is 2. The molecule has 178 valence electrons. The molecule has 0 spiro atoms. The lowest BCUT2D eigenvalue weighted by Gasteiger charge is -2.14. The highest BCUT2D eigenvalue weighted by Crippen LogP contribution is 2.21. The molecule has 8 nitrogen and oxygen atoms in total. The lowest BCUT2D eigenvalue weighted by molar-refractivity contribution is 0.0934. The molecule has 2 aromatic heterocycles. The Morgan fingerprint density at radius 1 is 1.11 bits per heavy atom. The first kappa shape index (κ1) is 24.6. The van der Waals surface area contributed by atoms with Crippen molar-refractivity contribution in [3.05, 3.63) is 92.2 Å². The number of halogens is 2. The first-order chi connectivity index (χ1) is 16.8. The summed E-state index contributed by atoms with van der Waals surface area (Å²) >= 11 is 12.0. The van der Waals surface area contributed by atoms with Gasteiger partial charge in [-0.3, -0.25) is 9.59 Å². The van der Waals surface area contributed by atoms with Crippen LogP contribution < -0.4 is 10.6 Å². The molecule has 0 radical (unpaired) electrons. The van der Waals surface area contributed by atoms with Gasteiger partial charge in [0.25, 0.3) is 11.8 Å². The number of hydrogen-bond donors (Lipinski definition) is 3. The van der Waals surface area contributed by atoms with Crippen molar-refractivity contribution in [2.24, 2.45) is 0 Å². The lowest BCUT2D eigenvalue weighted by Crippen LogP contribution is -2.29. The van der Waals surface area contributed by atoms with Gasteiger partial charge >= 0.3 is 0 Å². The van der Waals surface area contributed by atoms with E-state index in [-0.39, 0.29) is 29.0 Å². The van der Waals surface area contributed by atoms with Gasteiger partial charge in [-0.1, -0.05) is 41.9 Å². The number of carbonyl (C=O) groups is 2. The molecule has 0 unspecified atom stereocenters. The summed E-state index contributed by atoms with van der Waals surface area (Å²) in [5.74, 6) is -0.807. The number of nitrogens with one attached hydrogen (secondary N) is 3. The molecular weight excluding hydrogens is 511 g/mol. The molecular formula is C23H18ClFN6O2S2. The van der Waals surface area contributed by atoms with Gasteiger partial charge in [-0.25, -0.2) is 14.4 Å². The Balaban J connectivity index is 1.38. The molecule has 3 N–H and O–H groups in total. The highest BCUT2D eigenvalue weighted by atomic mass is 35.5. The Labute approximate surface area is 213 Å². The molecule has 4 rings (SSSR count). The second kappa shape index (κ2) is 10.8. The first-order valence-corrected chi connectivity index (χ1v) is 11.9. The van der Waals surface area contributed by atoms with Gasteiger partial charge in [-0.2, -0.15) is 4.37 Å². The number of hydrogen-bond acceptors (Lipinski definition) is 7. The normalized spacial score (nSPS) is 11.6. The van der Waals surface area contributed by atoms with Crippen LogP contribution in [0.5, 0.6) is 0 Å². The van der Waals surface area contributed by atoms with E-state index in [0.717, 1.165) is 17.5 Å². The summed E-state index contributed by atoms with van der Waals surface area (Å²) < 4.78 is 18.1. The van der Waals surface area contributed by atoms with E-state index in [1.165, 1.54) is 35.8 Å². The second-order valence-electron chi connectivity index (χ2n) is 7.48. The van der Waals surface area contributed by atoms with E-state index >= 15 is 0 Å². The topological polar surface area (TPSA) is 113 Å². The molecule has 0 aliphatic rings. The number of rotatable bonds is 7. The van der Waals surface area contributed by atoms with Crippen LogP contribution in [-0.4, -0.2) is 31.1 Å². The van der Waals surface area contributed by atoms with Crippen LogP contribution in [0.25, 0.3) is 11.4 Å². The molecule has 0 aliphatic carbocycles. The van der Waals surface area contributed by atoms with Crippen molar-refractivity contribution < 1.29 is 14.0 Å². The fraction of sp³-hybridized carbons (Fsp3) is 0.130. The number of H-pyrrole nitrogens is 1. The van der Waals surface area contributed by atoms with E-state index in [1.54, 1.807) is 0 Å². The molecule has 1 atom stereocenters. The summed E-state index contributed by atoms with van der Waals surface area (Å²) in [6.45, 7) is 1.95. The summed E-state index contributed by atoms with van der Waals surface area (Å²) in [5.41, 5.74) is 2.45. The van der Waals surface area contributed by atoms with E-state index in [1.807, 2.05) is 31.2 Å². The number of carbonyl (C=O) groups excluding carboxylic acids is 2. The molecule has 0 bridgehead atoms. The summed E-state index contributed by atoms with van der Waals surface area (Å²) in [4.78, 5) is 36.2. The van der Waals surface area contributed by atoms with Gasteiger partial charge in [0, 0.05) is 18.2 Å². The van der Waals surface area contributed by atoms with Crippen molar-refractivity contribution in [3.63, 3.8) is 0 Å². The molecule has 0 aliphatic heterocycles. The van der Waals surface area contributed by atoms with E-state index in [0.29, 0.717) is 15.3 Å². The Morgan fingerprint density at radius 3 is 2.49 bits per heavy atom. The van der Waals surface area contributed by atoms with Gasteiger partial charge in [0.15, 0.2) is 9.78 Å². The van der Waals surface area contributed by atoms with Crippen LogP contribution in [0.3, 0.4) is 0 Å². The Hall–Kier alpha value is -3.54. The van der Waals surface area contributed by atoms with Crippen LogP contribution >= 0.6 is 35.4 Å². The standard InChI is InChI=1S/C23H18ClFN6O2S2/c1-12(14-3-5-15(6-4-14)20-30-23(34)35-31-20)29-22(33)19-9-18(27-11-28-19)21(32)26-10-13-2-7-17(25)16(24)8-13/h2-9,11-12H,10H2,1H3,(H,26,32)(H,29,33)(H,30,31,34)/t12-/m0/s1. The fourth-order valence-electron chi connectivity index (χ4n) is 3.17. The maximum Gasteiger partial charge on any atom is 0.270 e. The zero-order chi connectivity index (χ0) is 24.9. The van der Waals surface area contributed by atoms with Crippen LogP contribution in [0, 0.1) is 9.77 Å². The van der Waals surface area contributed by atoms with Gasteiger partial charge in [0.05, 0.1) is 11.1 Å². The lowest BCUT2D eigenvalue weighted by atomic mass is 10.1. The monoisotopic (exact) mass is 528 g/mol. The van der Waals surface area contributed by atoms with E-state index in [9.17, 15) is 14.0 Å². The third-order valence-electron chi connectivity index (χ3n) is 5.04. The van der Waals surface area contributed by atoms with Gasteiger partial charge in [0.2, 0.25) is 0 Å². The van der Waals surface area contributed by atoms with Crippen molar-refractivity contribution in [3.8, 4) is 11.4 Å². The SMILES string of the molecule is C[C@H](NC(=O)c1cc(C(=O)NCc2ccc(F)c(Cl)c2)ncn1)c1ccc(-c2nsc(=S)[nH]2)cc1. The van der Waals surface area contributed by atoms with Crippen LogP contribution in [-0.2, 0) is 6.54 Å². The van der Waals surface area contributed by atoms with Crippen LogP contribution in [0.4, 0.5) is 4.39 Å². The Morgan fingerprint density at radius 2 is 1.83 bits per heavy atom. The highest BCUT2D eigenvalue weighted by Gasteiger charge is 2.16. The van der Waals surface area contributed by atoms with Crippen LogP contribution in [0.15, 0.2) is 54.9 Å². The quantitative estimate of drug-likeness (QED) is 0.295. The fourth-order valence-corrected chi connectivity index (χ4v) is 4.05. The largest absolute Gasteiger partial charge is 0.347 e. The predicted octanol–water partition coefficient (Wildman–Crippen LogP) is 4.87. The molecule has 2 amide bonds. The molecule has 0 saturated carbocycles. The van der Waals surface area contributed by atoms with Crippen molar-refractivity contribution in [1.82, 2.24) is 30.0 Å². The van der Waals surface area contributed by atoms with Gasteiger partial charge in [-0.15, -0.1) is 0 Å². The second-order valence-corrected chi connectivity index (χ2v) is 9.33. The van der Waals surface area contributed by atoms with Crippen LogP contribution in [0.1, 0.15) is 45.1 Å². The maximum atomic E-state index is 13.3. The van der Waals surface area contributed by atoms with E-state index in [4.69, 9.17) is 23.8 Å². The molecule has 12 heteroatoms. The smallest absolute Gasteiger partial charge is 0.270 e. The molecule has 2 aromatic carbocycles. The van der Waals surface area contributed by atoms with Crippen molar-refractivity contribution in [2.45, 2.75) is 19.5 Å². The zero-order valence-electron chi connectivity index (χ0n) is 18.2. The summed E-state index contributed by atoms with van der Waals surface area (Å²) in [6, 6.07) is 12.7. The molecule has 0 saturated heterocycles. The summed E-state index contributed by atoms with van der Waals surface area (Å²) in [6.07, 6.45) is 1.15. The van der Waals surface area contributed by atoms with Crippen molar-refractivity contribution >= 4 is 47.2 Å². The average molecular weight is 529 g/mol. The maximum absolute atomic E-state index is 13.3. The minimum absolute atomic E-state index is 0.0241. The number of benzene rings is 2. The number of aromatic nitrogens is 4. The molecule has 0 fully saturated rings. The van der Waals surface area contributed by atoms with Crippen LogP contribution in [0.2, 0.25) is 5.02 Å². The van der Waals surface area contributed by atoms with Crippen molar-refractivity contribution in [2.75, 3.05) is 0 Å². The van der Waals surface area contributed by atoms with Gasteiger partial charge < -0.3 is 15.6 Å². The van der Waals surface area contributed by atoms with Crippen molar-refractivity contribution in [1.29, 1.82) is 0 Å². The van der Waals surface area contributed by atoms with E-state index < -0.39 is 17.6 Å². The Kier molecular flexibility index (Phi) is 7.59. The molecule has 2 heterocycles. The predicted molar refractivity (Wildman–Crippen MR) is 133 cm³/mol. The average Bonchev–Trinajstić information content (AvgIpc) is 3.31. The first-order valence-electron chi connectivity index (χ1n) is 10.3. The Bertz CT molecular complexity index is 1440. The number of aromatic amines is 1. The zero-order valence-corrected chi connectivity index (χ0v) is 20.6. The highest BCUT2D eigenvalue weighted by molar-refractivity contribution is 7.73. The minimum Gasteiger partial charge on any atom is -0.347 e. The van der Waals surface area contributed by atoms with Gasteiger partial charge in [0.1, 0.15) is 23.5 Å². The number of nitrogens with zero attached hydrogens (tertiary/aromatic N) is 3. The minimum atomic E-state index is -0.539.